The minimum absolute atomic E-state index is 0.0647. The number of carbonyl (C=O) groups is 1. The van der Waals surface area contributed by atoms with Gasteiger partial charge in [0.25, 0.3) is 0 Å². The zero-order chi connectivity index (χ0) is 11.1. The van der Waals surface area contributed by atoms with Crippen molar-refractivity contribution in [2.24, 2.45) is 0 Å². The Morgan fingerprint density at radius 1 is 1.53 bits per heavy atom. The van der Waals surface area contributed by atoms with Crippen LogP contribution in [0.15, 0.2) is 41.4 Å². The predicted octanol–water partition coefficient (Wildman–Crippen LogP) is 2.68. The van der Waals surface area contributed by atoms with E-state index in [0.717, 1.165) is 16.5 Å². The maximum atomic E-state index is 11.3. The molecule has 0 aliphatic carbocycles. The Balaban J connectivity index is 2.36. The summed E-state index contributed by atoms with van der Waals surface area (Å²) >= 11 is 3.40. The SMILES string of the molecule is C=CCNC(=O)CCc1cccc(Br)c1. The van der Waals surface area contributed by atoms with Crippen LogP contribution in [0, 0.1) is 0 Å². The van der Waals surface area contributed by atoms with Crippen LogP contribution in [0.3, 0.4) is 0 Å². The van der Waals surface area contributed by atoms with Crippen LogP contribution in [-0.2, 0) is 11.2 Å². The summed E-state index contributed by atoms with van der Waals surface area (Å²) in [6.45, 7) is 4.08. The van der Waals surface area contributed by atoms with Crippen molar-refractivity contribution in [1.29, 1.82) is 0 Å². The van der Waals surface area contributed by atoms with Gasteiger partial charge in [0, 0.05) is 17.4 Å². The van der Waals surface area contributed by atoms with E-state index in [4.69, 9.17) is 0 Å². The molecule has 0 aliphatic heterocycles. The number of carbonyl (C=O) groups excluding carboxylic acids is 1. The Hall–Kier alpha value is -1.09. The Morgan fingerprint density at radius 3 is 3.00 bits per heavy atom. The van der Waals surface area contributed by atoms with Crippen LogP contribution in [0.4, 0.5) is 0 Å². The highest BCUT2D eigenvalue weighted by Gasteiger charge is 2.00. The van der Waals surface area contributed by atoms with E-state index in [-0.39, 0.29) is 5.91 Å². The van der Waals surface area contributed by atoms with Gasteiger partial charge in [-0.15, -0.1) is 6.58 Å². The minimum atomic E-state index is 0.0647. The van der Waals surface area contributed by atoms with Crippen LogP contribution in [0.25, 0.3) is 0 Å². The van der Waals surface area contributed by atoms with Crippen LogP contribution >= 0.6 is 15.9 Å². The van der Waals surface area contributed by atoms with Crippen molar-refractivity contribution >= 4 is 21.8 Å². The molecule has 3 heteroatoms. The highest BCUT2D eigenvalue weighted by molar-refractivity contribution is 9.10. The molecule has 1 amide bonds. The fourth-order valence-electron chi connectivity index (χ4n) is 1.22. The van der Waals surface area contributed by atoms with Gasteiger partial charge in [0.15, 0.2) is 0 Å². The number of rotatable bonds is 5. The Morgan fingerprint density at radius 2 is 2.33 bits per heavy atom. The van der Waals surface area contributed by atoms with E-state index in [1.807, 2.05) is 24.3 Å². The van der Waals surface area contributed by atoms with E-state index >= 15 is 0 Å². The van der Waals surface area contributed by atoms with Gasteiger partial charge in [-0.1, -0.05) is 34.1 Å². The molecule has 0 unspecified atom stereocenters. The van der Waals surface area contributed by atoms with E-state index in [1.54, 1.807) is 6.08 Å². The Labute approximate surface area is 98.5 Å². The third-order valence-electron chi connectivity index (χ3n) is 1.97. The summed E-state index contributed by atoms with van der Waals surface area (Å²) in [6.07, 6.45) is 2.96. The van der Waals surface area contributed by atoms with Crippen molar-refractivity contribution < 1.29 is 4.79 Å². The Kier molecular flexibility index (Phi) is 5.12. The molecular formula is C12H14BrNO. The van der Waals surface area contributed by atoms with Crippen LogP contribution < -0.4 is 5.32 Å². The molecule has 0 heterocycles. The van der Waals surface area contributed by atoms with E-state index in [1.165, 1.54) is 0 Å². The third-order valence-corrected chi connectivity index (χ3v) is 2.47. The average Bonchev–Trinajstić information content (AvgIpc) is 2.23. The summed E-state index contributed by atoms with van der Waals surface area (Å²) in [5.41, 5.74) is 1.16. The molecule has 0 bridgehead atoms. The lowest BCUT2D eigenvalue weighted by Gasteiger charge is -2.03. The molecule has 0 fully saturated rings. The first-order valence-electron chi connectivity index (χ1n) is 4.84. The fraction of sp³-hybridized carbons (Fsp3) is 0.250. The number of hydrogen-bond donors (Lipinski definition) is 1. The molecule has 2 nitrogen and oxygen atoms in total. The van der Waals surface area contributed by atoms with Crippen molar-refractivity contribution in [3.8, 4) is 0 Å². The first-order valence-corrected chi connectivity index (χ1v) is 5.63. The summed E-state index contributed by atoms with van der Waals surface area (Å²) in [4.78, 5) is 11.3. The summed E-state index contributed by atoms with van der Waals surface area (Å²) in [6, 6.07) is 7.99. The normalized spacial score (nSPS) is 9.67. The molecule has 1 rings (SSSR count). The van der Waals surface area contributed by atoms with Crippen LogP contribution in [0.2, 0.25) is 0 Å². The summed E-state index contributed by atoms with van der Waals surface area (Å²) in [5.74, 6) is 0.0647. The topological polar surface area (TPSA) is 29.1 Å². The summed E-state index contributed by atoms with van der Waals surface area (Å²) < 4.78 is 1.05. The highest BCUT2D eigenvalue weighted by atomic mass is 79.9. The maximum absolute atomic E-state index is 11.3. The lowest BCUT2D eigenvalue weighted by molar-refractivity contribution is -0.120. The molecule has 80 valence electrons. The van der Waals surface area contributed by atoms with Crippen LogP contribution in [-0.4, -0.2) is 12.5 Å². The minimum Gasteiger partial charge on any atom is -0.353 e. The molecule has 0 aliphatic rings. The molecule has 1 aromatic rings. The van der Waals surface area contributed by atoms with E-state index in [0.29, 0.717) is 13.0 Å². The second-order valence-corrected chi connectivity index (χ2v) is 4.14. The molecule has 0 aromatic heterocycles. The molecule has 0 saturated carbocycles. The van der Waals surface area contributed by atoms with Crippen molar-refractivity contribution in [1.82, 2.24) is 5.32 Å². The zero-order valence-corrected chi connectivity index (χ0v) is 10.1. The smallest absolute Gasteiger partial charge is 0.220 e. The van der Waals surface area contributed by atoms with Crippen molar-refractivity contribution in [3.63, 3.8) is 0 Å². The first-order chi connectivity index (χ1) is 7.22. The Bertz CT molecular complexity index is 349. The number of hydrogen-bond acceptors (Lipinski definition) is 1. The van der Waals surface area contributed by atoms with Gasteiger partial charge in [0.05, 0.1) is 0 Å². The lowest BCUT2D eigenvalue weighted by Crippen LogP contribution is -2.23. The second-order valence-electron chi connectivity index (χ2n) is 3.22. The molecule has 0 radical (unpaired) electrons. The maximum Gasteiger partial charge on any atom is 0.220 e. The molecule has 0 saturated heterocycles. The first kappa shape index (κ1) is 12.0. The molecule has 1 N–H and O–H groups in total. The average molecular weight is 268 g/mol. The molecule has 1 aromatic carbocycles. The number of benzene rings is 1. The predicted molar refractivity (Wildman–Crippen MR) is 65.7 cm³/mol. The number of nitrogens with one attached hydrogen (secondary N) is 1. The van der Waals surface area contributed by atoms with Gasteiger partial charge in [-0.25, -0.2) is 0 Å². The van der Waals surface area contributed by atoms with Gasteiger partial charge in [0.1, 0.15) is 0 Å². The van der Waals surface area contributed by atoms with Gasteiger partial charge in [0.2, 0.25) is 5.91 Å². The number of halogens is 1. The van der Waals surface area contributed by atoms with Crippen LogP contribution in [0.5, 0.6) is 0 Å². The quantitative estimate of drug-likeness (QED) is 0.817. The third kappa shape index (κ3) is 4.79. The monoisotopic (exact) mass is 267 g/mol. The zero-order valence-electron chi connectivity index (χ0n) is 8.50. The van der Waals surface area contributed by atoms with Gasteiger partial charge < -0.3 is 5.32 Å². The number of aryl methyl sites for hydroxylation is 1. The largest absolute Gasteiger partial charge is 0.353 e. The fourth-order valence-corrected chi connectivity index (χ4v) is 1.67. The van der Waals surface area contributed by atoms with Gasteiger partial charge >= 0.3 is 0 Å². The standard InChI is InChI=1S/C12H14BrNO/c1-2-8-14-12(15)7-6-10-4-3-5-11(13)9-10/h2-5,9H,1,6-8H2,(H,14,15). The van der Waals surface area contributed by atoms with Crippen molar-refractivity contribution in [2.75, 3.05) is 6.54 Å². The van der Waals surface area contributed by atoms with Crippen molar-refractivity contribution in [3.05, 3.63) is 47.0 Å². The molecular weight excluding hydrogens is 254 g/mol. The van der Waals surface area contributed by atoms with Crippen molar-refractivity contribution in [2.45, 2.75) is 12.8 Å². The number of amides is 1. The van der Waals surface area contributed by atoms with Crippen LogP contribution in [0.1, 0.15) is 12.0 Å². The summed E-state index contributed by atoms with van der Waals surface area (Å²) in [5, 5.41) is 2.75. The van der Waals surface area contributed by atoms with Gasteiger partial charge in [-0.2, -0.15) is 0 Å². The highest BCUT2D eigenvalue weighted by Crippen LogP contribution is 2.12. The van der Waals surface area contributed by atoms with E-state index in [9.17, 15) is 4.79 Å². The molecule has 0 atom stereocenters. The van der Waals surface area contributed by atoms with E-state index < -0.39 is 0 Å². The van der Waals surface area contributed by atoms with Gasteiger partial charge in [-0.05, 0) is 24.1 Å². The second kappa shape index (κ2) is 6.40. The molecule has 0 spiro atoms. The summed E-state index contributed by atoms with van der Waals surface area (Å²) in [7, 11) is 0. The molecule has 15 heavy (non-hydrogen) atoms. The van der Waals surface area contributed by atoms with E-state index in [2.05, 4.69) is 27.8 Å². The van der Waals surface area contributed by atoms with Gasteiger partial charge in [-0.3, -0.25) is 4.79 Å². The lowest BCUT2D eigenvalue weighted by atomic mass is 10.1.